The Hall–Kier alpha value is -2.30. The number of fused-ring (bicyclic) bond motifs is 1. The molecule has 3 N–H and O–H groups in total. The van der Waals surface area contributed by atoms with Crippen molar-refractivity contribution in [2.24, 2.45) is 11.7 Å². The molecule has 5 nitrogen and oxygen atoms in total. The average molecular weight is 260 g/mol. The monoisotopic (exact) mass is 260 g/mol. The molecule has 0 radical (unpaired) electrons. The summed E-state index contributed by atoms with van der Waals surface area (Å²) in [6.45, 7) is 4.41. The fraction of sp³-hybridized carbons (Fsp3) is 0.286. The lowest BCUT2D eigenvalue weighted by Crippen LogP contribution is -2.26. The maximum Gasteiger partial charge on any atom is 0.294 e. The Morgan fingerprint density at radius 3 is 2.58 bits per heavy atom. The highest BCUT2D eigenvalue weighted by molar-refractivity contribution is 6.07. The molecule has 0 bridgehead atoms. The molecule has 2 rings (SSSR count). The van der Waals surface area contributed by atoms with E-state index in [9.17, 15) is 14.7 Å². The fourth-order valence-electron chi connectivity index (χ4n) is 2.19. The molecule has 0 saturated heterocycles. The zero-order valence-corrected chi connectivity index (χ0v) is 10.9. The van der Waals surface area contributed by atoms with Gasteiger partial charge in [-0.25, -0.2) is 0 Å². The highest BCUT2D eigenvalue weighted by Gasteiger charge is 2.19. The molecule has 1 aromatic carbocycles. The summed E-state index contributed by atoms with van der Waals surface area (Å²) < 4.78 is 1.47. The molecule has 0 unspecified atom stereocenters. The highest BCUT2D eigenvalue weighted by atomic mass is 16.3. The third-order valence-electron chi connectivity index (χ3n) is 2.94. The highest BCUT2D eigenvalue weighted by Crippen LogP contribution is 2.23. The standard InChI is InChI=1S/C14H16N2O3/c1-8(2)7-16-10-6-4-3-5-9(10)11(13(15)18)12(17)14(16)19/h3-6,8,17H,7H2,1-2H3,(H2,15,18). The number of carbonyl (C=O) groups excluding carboxylic acids is 1. The van der Waals surface area contributed by atoms with Crippen molar-refractivity contribution in [3.8, 4) is 5.75 Å². The number of rotatable bonds is 3. The number of benzene rings is 1. The van der Waals surface area contributed by atoms with E-state index in [0.29, 0.717) is 17.4 Å². The van der Waals surface area contributed by atoms with Crippen molar-refractivity contribution < 1.29 is 9.90 Å². The molecule has 0 fully saturated rings. The molecular weight excluding hydrogens is 244 g/mol. The van der Waals surface area contributed by atoms with Crippen LogP contribution in [0.2, 0.25) is 0 Å². The predicted octanol–water partition coefficient (Wildman–Crippen LogP) is 1.46. The second-order valence-electron chi connectivity index (χ2n) is 4.91. The van der Waals surface area contributed by atoms with Crippen molar-refractivity contribution in [1.29, 1.82) is 0 Å². The molecule has 0 aliphatic heterocycles. The van der Waals surface area contributed by atoms with Gasteiger partial charge in [0.25, 0.3) is 11.5 Å². The first-order valence-corrected chi connectivity index (χ1v) is 6.07. The summed E-state index contributed by atoms with van der Waals surface area (Å²) >= 11 is 0. The van der Waals surface area contributed by atoms with Gasteiger partial charge >= 0.3 is 0 Å². The van der Waals surface area contributed by atoms with E-state index in [-0.39, 0.29) is 11.5 Å². The summed E-state index contributed by atoms with van der Waals surface area (Å²) in [5, 5.41) is 10.4. The molecule has 1 heterocycles. The van der Waals surface area contributed by atoms with Gasteiger partial charge in [-0.1, -0.05) is 32.0 Å². The molecule has 2 aromatic rings. The summed E-state index contributed by atoms with van der Waals surface area (Å²) in [6, 6.07) is 6.93. The fourth-order valence-corrected chi connectivity index (χ4v) is 2.19. The summed E-state index contributed by atoms with van der Waals surface area (Å²) in [4.78, 5) is 23.6. The van der Waals surface area contributed by atoms with E-state index in [1.165, 1.54) is 4.57 Å². The number of carbonyl (C=O) groups is 1. The molecule has 0 spiro atoms. The average Bonchev–Trinajstić information content (AvgIpc) is 2.34. The van der Waals surface area contributed by atoms with Crippen LogP contribution in [0.1, 0.15) is 24.2 Å². The van der Waals surface area contributed by atoms with Gasteiger partial charge in [0.05, 0.1) is 11.1 Å². The minimum atomic E-state index is -0.803. The normalized spacial score (nSPS) is 11.1. The zero-order chi connectivity index (χ0) is 14.2. The number of hydrogen-bond donors (Lipinski definition) is 2. The van der Waals surface area contributed by atoms with Gasteiger partial charge in [-0.3, -0.25) is 9.59 Å². The Balaban J connectivity index is 2.92. The van der Waals surface area contributed by atoms with Crippen LogP contribution in [0, 0.1) is 5.92 Å². The Morgan fingerprint density at radius 2 is 2.00 bits per heavy atom. The van der Waals surface area contributed by atoms with Crippen LogP contribution in [0.25, 0.3) is 10.9 Å². The number of primary amides is 1. The zero-order valence-electron chi connectivity index (χ0n) is 10.9. The van der Waals surface area contributed by atoms with Crippen LogP contribution in [0.15, 0.2) is 29.1 Å². The van der Waals surface area contributed by atoms with Gasteiger partial charge in [0.15, 0.2) is 5.75 Å². The number of aromatic nitrogens is 1. The minimum absolute atomic E-state index is 0.111. The molecule has 0 saturated carbocycles. The topological polar surface area (TPSA) is 85.3 Å². The van der Waals surface area contributed by atoms with Gasteiger partial charge in [-0.2, -0.15) is 0 Å². The molecule has 1 amide bonds. The number of aromatic hydroxyl groups is 1. The third-order valence-corrected chi connectivity index (χ3v) is 2.94. The first kappa shape index (κ1) is 13.1. The summed E-state index contributed by atoms with van der Waals surface area (Å²) in [7, 11) is 0. The number of hydrogen-bond acceptors (Lipinski definition) is 3. The molecule has 0 aliphatic rings. The van der Waals surface area contributed by atoms with E-state index in [4.69, 9.17) is 5.73 Å². The quantitative estimate of drug-likeness (QED) is 0.876. The lowest BCUT2D eigenvalue weighted by atomic mass is 10.1. The SMILES string of the molecule is CC(C)Cn1c(=O)c(O)c(C(N)=O)c2ccccc21. The van der Waals surface area contributed by atoms with Gasteiger partial charge in [-0.15, -0.1) is 0 Å². The Labute approximate surface area is 110 Å². The second-order valence-corrected chi connectivity index (χ2v) is 4.91. The number of amides is 1. The minimum Gasteiger partial charge on any atom is -0.502 e. The molecular formula is C14H16N2O3. The van der Waals surface area contributed by atoms with E-state index in [1.807, 2.05) is 13.8 Å². The molecule has 19 heavy (non-hydrogen) atoms. The summed E-state index contributed by atoms with van der Waals surface area (Å²) in [5.74, 6) is -1.14. The van der Waals surface area contributed by atoms with Gasteiger partial charge in [0, 0.05) is 11.9 Å². The van der Waals surface area contributed by atoms with Gasteiger partial charge in [-0.05, 0) is 12.0 Å². The van der Waals surface area contributed by atoms with Gasteiger partial charge in [0.1, 0.15) is 0 Å². The van der Waals surface area contributed by atoms with Crippen molar-refractivity contribution in [3.05, 3.63) is 40.2 Å². The number of nitrogens with zero attached hydrogens (tertiary/aromatic N) is 1. The number of pyridine rings is 1. The Morgan fingerprint density at radius 1 is 1.37 bits per heavy atom. The van der Waals surface area contributed by atoms with Crippen molar-refractivity contribution >= 4 is 16.8 Å². The van der Waals surface area contributed by atoms with Crippen LogP contribution < -0.4 is 11.3 Å². The van der Waals surface area contributed by atoms with Crippen molar-refractivity contribution in [1.82, 2.24) is 4.57 Å². The van der Waals surface area contributed by atoms with E-state index in [0.717, 1.165) is 0 Å². The summed E-state index contributed by atoms with van der Waals surface area (Å²) in [6.07, 6.45) is 0. The van der Waals surface area contributed by atoms with Crippen molar-refractivity contribution in [3.63, 3.8) is 0 Å². The van der Waals surface area contributed by atoms with Crippen molar-refractivity contribution in [2.45, 2.75) is 20.4 Å². The van der Waals surface area contributed by atoms with Crippen LogP contribution in [0.5, 0.6) is 5.75 Å². The molecule has 0 aliphatic carbocycles. The van der Waals surface area contributed by atoms with E-state index in [1.54, 1.807) is 24.3 Å². The first-order valence-electron chi connectivity index (χ1n) is 6.07. The number of nitrogens with two attached hydrogens (primary N) is 1. The maximum atomic E-state index is 12.1. The van der Waals surface area contributed by atoms with Gasteiger partial charge in [0.2, 0.25) is 0 Å². The predicted molar refractivity (Wildman–Crippen MR) is 73.2 cm³/mol. The van der Waals surface area contributed by atoms with Crippen LogP contribution in [-0.4, -0.2) is 15.6 Å². The van der Waals surface area contributed by atoms with Crippen LogP contribution >= 0.6 is 0 Å². The Bertz CT molecular complexity index is 702. The van der Waals surface area contributed by atoms with Crippen molar-refractivity contribution in [2.75, 3.05) is 0 Å². The van der Waals surface area contributed by atoms with E-state index in [2.05, 4.69) is 0 Å². The molecule has 5 heteroatoms. The lowest BCUT2D eigenvalue weighted by Gasteiger charge is -2.15. The summed E-state index contributed by atoms with van der Waals surface area (Å²) in [5.41, 5.74) is 5.17. The maximum absolute atomic E-state index is 12.1. The molecule has 0 atom stereocenters. The van der Waals surface area contributed by atoms with Crippen LogP contribution in [0.4, 0.5) is 0 Å². The third kappa shape index (κ3) is 2.19. The molecule has 100 valence electrons. The largest absolute Gasteiger partial charge is 0.502 e. The van der Waals surface area contributed by atoms with Gasteiger partial charge < -0.3 is 15.4 Å². The number of para-hydroxylation sites is 1. The van der Waals surface area contributed by atoms with Crippen LogP contribution in [0.3, 0.4) is 0 Å². The lowest BCUT2D eigenvalue weighted by molar-refractivity contribution is 0.0999. The molecule has 1 aromatic heterocycles. The van der Waals surface area contributed by atoms with Crippen LogP contribution in [-0.2, 0) is 6.54 Å². The smallest absolute Gasteiger partial charge is 0.294 e. The first-order chi connectivity index (χ1) is 8.93. The second kappa shape index (κ2) is 4.76. The van der Waals surface area contributed by atoms with E-state index < -0.39 is 17.2 Å². The Kier molecular flexibility index (Phi) is 3.29. The van der Waals surface area contributed by atoms with E-state index >= 15 is 0 Å².